The Labute approximate surface area is 217 Å². The molecule has 4 rings (SSSR count). The molecule has 0 N–H and O–H groups in total. The molecule has 1 aromatic heterocycles. The number of piperazine rings is 1. The van der Waals surface area contributed by atoms with Crippen molar-refractivity contribution in [1.82, 2.24) is 14.9 Å². The molecule has 0 spiro atoms. The summed E-state index contributed by atoms with van der Waals surface area (Å²) in [5.41, 5.74) is 2.37. The SMILES string of the molecule is COCCN(CCOC)c1ncnc(N2CCN(C(c3ccccc3)c3ccccc3)CC2)c1[N+](=O)[O-]. The standard InChI is InChI=1S/C27H34N6O4/c1-36-19-17-32(18-20-37-2)27-25(33(34)35)26(28-21-29-27)31-15-13-30(14-16-31)24(22-9-5-3-6-10-22)23-11-7-4-8-12-23/h3-12,21,24H,13-20H2,1-2H3. The molecule has 196 valence electrons. The van der Waals surface area contributed by atoms with Crippen molar-refractivity contribution in [3.05, 3.63) is 88.2 Å². The van der Waals surface area contributed by atoms with Crippen LogP contribution in [0.4, 0.5) is 17.3 Å². The molecule has 1 aliphatic rings. The molecule has 0 bridgehead atoms. The number of benzene rings is 2. The van der Waals surface area contributed by atoms with E-state index in [0.717, 1.165) is 13.1 Å². The van der Waals surface area contributed by atoms with Crippen molar-refractivity contribution in [2.24, 2.45) is 0 Å². The van der Waals surface area contributed by atoms with E-state index in [2.05, 4.69) is 63.4 Å². The lowest BCUT2D eigenvalue weighted by molar-refractivity contribution is -0.383. The van der Waals surface area contributed by atoms with E-state index in [4.69, 9.17) is 9.47 Å². The first-order valence-electron chi connectivity index (χ1n) is 12.4. The summed E-state index contributed by atoms with van der Waals surface area (Å²) in [5.74, 6) is 0.642. The van der Waals surface area contributed by atoms with E-state index in [1.165, 1.54) is 17.5 Å². The van der Waals surface area contributed by atoms with Crippen LogP contribution in [-0.2, 0) is 9.47 Å². The van der Waals surface area contributed by atoms with Crippen molar-refractivity contribution >= 4 is 17.3 Å². The number of hydrogen-bond acceptors (Lipinski definition) is 9. The monoisotopic (exact) mass is 506 g/mol. The molecular weight excluding hydrogens is 472 g/mol. The second-order valence-corrected chi connectivity index (χ2v) is 8.85. The molecule has 0 atom stereocenters. The molecular formula is C27H34N6O4. The molecule has 0 saturated carbocycles. The van der Waals surface area contributed by atoms with E-state index in [9.17, 15) is 10.1 Å². The van der Waals surface area contributed by atoms with Gasteiger partial charge in [0.25, 0.3) is 0 Å². The summed E-state index contributed by atoms with van der Waals surface area (Å²) in [6.45, 7) is 4.46. The van der Waals surface area contributed by atoms with Crippen molar-refractivity contribution in [1.29, 1.82) is 0 Å². The fourth-order valence-electron chi connectivity index (χ4n) is 4.79. The highest BCUT2D eigenvalue weighted by molar-refractivity contribution is 5.71. The number of methoxy groups -OCH3 is 2. The summed E-state index contributed by atoms with van der Waals surface area (Å²) in [6, 6.07) is 21.0. The van der Waals surface area contributed by atoms with E-state index in [1.807, 2.05) is 21.9 Å². The van der Waals surface area contributed by atoms with E-state index >= 15 is 0 Å². The first-order valence-corrected chi connectivity index (χ1v) is 12.4. The van der Waals surface area contributed by atoms with Crippen LogP contribution in [0.25, 0.3) is 0 Å². The fourth-order valence-corrected chi connectivity index (χ4v) is 4.79. The molecule has 3 aromatic rings. The Bertz CT molecular complexity index is 1080. The van der Waals surface area contributed by atoms with Crippen LogP contribution >= 0.6 is 0 Å². The Balaban J connectivity index is 1.58. The van der Waals surface area contributed by atoms with Crippen LogP contribution in [0.1, 0.15) is 17.2 Å². The molecule has 1 saturated heterocycles. The fraction of sp³-hybridized carbons (Fsp3) is 0.407. The Hall–Kier alpha value is -3.60. The summed E-state index contributed by atoms with van der Waals surface area (Å²) in [6.07, 6.45) is 1.41. The highest BCUT2D eigenvalue weighted by Gasteiger charge is 2.33. The third-order valence-electron chi connectivity index (χ3n) is 6.61. The lowest BCUT2D eigenvalue weighted by atomic mass is 9.96. The first-order chi connectivity index (χ1) is 18.1. The zero-order chi connectivity index (χ0) is 26.0. The highest BCUT2D eigenvalue weighted by atomic mass is 16.6. The summed E-state index contributed by atoms with van der Waals surface area (Å²) in [4.78, 5) is 26.8. The van der Waals surface area contributed by atoms with Crippen LogP contribution < -0.4 is 9.80 Å². The molecule has 0 amide bonds. The van der Waals surface area contributed by atoms with Crippen LogP contribution in [0.15, 0.2) is 67.0 Å². The molecule has 10 heteroatoms. The minimum absolute atomic E-state index is 0.0779. The van der Waals surface area contributed by atoms with Gasteiger partial charge in [-0.3, -0.25) is 15.0 Å². The molecule has 1 fully saturated rings. The van der Waals surface area contributed by atoms with Crippen molar-refractivity contribution in [3.8, 4) is 0 Å². The van der Waals surface area contributed by atoms with E-state index in [-0.39, 0.29) is 22.5 Å². The van der Waals surface area contributed by atoms with Gasteiger partial charge in [0.1, 0.15) is 6.33 Å². The predicted molar refractivity (Wildman–Crippen MR) is 143 cm³/mol. The van der Waals surface area contributed by atoms with Crippen molar-refractivity contribution in [2.45, 2.75) is 6.04 Å². The Kier molecular flexibility index (Phi) is 9.36. The maximum absolute atomic E-state index is 12.3. The van der Waals surface area contributed by atoms with Crippen LogP contribution in [0, 0.1) is 10.1 Å². The van der Waals surface area contributed by atoms with Crippen molar-refractivity contribution < 1.29 is 14.4 Å². The molecule has 0 unspecified atom stereocenters. The maximum Gasteiger partial charge on any atom is 0.353 e. The van der Waals surface area contributed by atoms with Gasteiger partial charge in [-0.05, 0) is 11.1 Å². The second-order valence-electron chi connectivity index (χ2n) is 8.85. The minimum Gasteiger partial charge on any atom is -0.383 e. The number of ether oxygens (including phenoxy) is 2. The van der Waals surface area contributed by atoms with Crippen LogP contribution in [0.3, 0.4) is 0 Å². The van der Waals surface area contributed by atoms with Gasteiger partial charge in [-0.15, -0.1) is 0 Å². The van der Waals surface area contributed by atoms with Gasteiger partial charge in [0.2, 0.25) is 11.6 Å². The van der Waals surface area contributed by atoms with Gasteiger partial charge in [-0.1, -0.05) is 60.7 Å². The Morgan fingerprint density at radius 2 is 1.43 bits per heavy atom. The molecule has 2 aromatic carbocycles. The zero-order valence-corrected chi connectivity index (χ0v) is 21.4. The summed E-state index contributed by atoms with van der Waals surface area (Å²) in [7, 11) is 3.21. The molecule has 0 radical (unpaired) electrons. The number of nitrogens with zero attached hydrogens (tertiary/aromatic N) is 6. The number of anilines is 2. The van der Waals surface area contributed by atoms with Gasteiger partial charge in [0.05, 0.1) is 24.2 Å². The largest absolute Gasteiger partial charge is 0.383 e. The summed E-state index contributed by atoms with van der Waals surface area (Å²) in [5, 5.41) is 12.3. The van der Waals surface area contributed by atoms with E-state index in [0.29, 0.717) is 45.2 Å². The Morgan fingerprint density at radius 3 is 1.92 bits per heavy atom. The average Bonchev–Trinajstić information content (AvgIpc) is 2.94. The summed E-state index contributed by atoms with van der Waals surface area (Å²) < 4.78 is 10.4. The van der Waals surface area contributed by atoms with Crippen LogP contribution in [0.2, 0.25) is 0 Å². The number of hydrogen-bond donors (Lipinski definition) is 0. The predicted octanol–water partition coefficient (Wildman–Crippen LogP) is 3.40. The zero-order valence-electron chi connectivity index (χ0n) is 21.4. The van der Waals surface area contributed by atoms with Crippen LogP contribution in [-0.4, -0.2) is 86.5 Å². The molecule has 37 heavy (non-hydrogen) atoms. The highest BCUT2D eigenvalue weighted by Crippen LogP contribution is 2.36. The smallest absolute Gasteiger partial charge is 0.353 e. The maximum atomic E-state index is 12.3. The van der Waals surface area contributed by atoms with Gasteiger partial charge in [0, 0.05) is 53.5 Å². The third kappa shape index (κ3) is 6.40. The molecule has 10 nitrogen and oxygen atoms in total. The second kappa shape index (κ2) is 13.1. The summed E-state index contributed by atoms with van der Waals surface area (Å²) >= 11 is 0. The van der Waals surface area contributed by atoms with Crippen molar-refractivity contribution in [2.75, 3.05) is 76.5 Å². The van der Waals surface area contributed by atoms with Crippen LogP contribution in [0.5, 0.6) is 0 Å². The number of rotatable bonds is 12. The van der Waals surface area contributed by atoms with Gasteiger partial charge in [-0.25, -0.2) is 9.97 Å². The lowest BCUT2D eigenvalue weighted by Gasteiger charge is -2.40. The van der Waals surface area contributed by atoms with Gasteiger partial charge < -0.3 is 19.3 Å². The van der Waals surface area contributed by atoms with Gasteiger partial charge in [-0.2, -0.15) is 0 Å². The first kappa shape index (κ1) is 26.5. The van der Waals surface area contributed by atoms with Gasteiger partial charge in [0.15, 0.2) is 0 Å². The minimum atomic E-state index is -0.375. The quantitative estimate of drug-likeness (QED) is 0.270. The number of aromatic nitrogens is 2. The molecule has 2 heterocycles. The topological polar surface area (TPSA) is 97.1 Å². The normalized spacial score (nSPS) is 14.2. The third-order valence-corrected chi connectivity index (χ3v) is 6.61. The number of nitro groups is 1. The van der Waals surface area contributed by atoms with E-state index < -0.39 is 0 Å². The molecule has 1 aliphatic heterocycles. The lowest BCUT2D eigenvalue weighted by Crippen LogP contribution is -2.48. The van der Waals surface area contributed by atoms with Crippen molar-refractivity contribution in [3.63, 3.8) is 0 Å². The molecule has 0 aliphatic carbocycles. The van der Waals surface area contributed by atoms with E-state index in [1.54, 1.807) is 14.2 Å². The average molecular weight is 507 g/mol. The Morgan fingerprint density at radius 1 is 0.892 bits per heavy atom. The van der Waals surface area contributed by atoms with Gasteiger partial charge >= 0.3 is 5.69 Å².